The molecule has 0 radical (unpaired) electrons. The van der Waals surface area contributed by atoms with Crippen LogP contribution in [0.3, 0.4) is 0 Å². The van der Waals surface area contributed by atoms with Crippen LogP contribution in [0.2, 0.25) is 0 Å². The van der Waals surface area contributed by atoms with E-state index in [1.807, 2.05) is 36.4 Å². The van der Waals surface area contributed by atoms with Crippen molar-refractivity contribution in [3.8, 4) is 17.1 Å². The van der Waals surface area contributed by atoms with Crippen molar-refractivity contribution >= 4 is 32.6 Å². The van der Waals surface area contributed by atoms with Gasteiger partial charge in [0.2, 0.25) is 11.8 Å². The largest absolute Gasteiger partial charge is 0.481 e. The summed E-state index contributed by atoms with van der Waals surface area (Å²) >= 11 is 3.39. The van der Waals surface area contributed by atoms with E-state index in [-0.39, 0.29) is 23.6 Å². The second kappa shape index (κ2) is 11.4. The van der Waals surface area contributed by atoms with E-state index in [4.69, 9.17) is 9.72 Å². The minimum atomic E-state index is -0.250. The van der Waals surface area contributed by atoms with Crippen LogP contribution in [0, 0.1) is 11.7 Å². The third-order valence-electron chi connectivity index (χ3n) is 5.72. The highest BCUT2D eigenvalue weighted by molar-refractivity contribution is 9.09. The number of hydrogen-bond acceptors (Lipinski definition) is 3. The first-order valence-electron chi connectivity index (χ1n) is 11.0. The molecular weight excluding hydrogens is 471 g/mol. The Labute approximate surface area is 197 Å². The van der Waals surface area contributed by atoms with Crippen LogP contribution in [0.15, 0.2) is 48.5 Å². The van der Waals surface area contributed by atoms with Crippen molar-refractivity contribution in [3.05, 3.63) is 59.9 Å². The van der Waals surface area contributed by atoms with Crippen LogP contribution in [0.4, 0.5) is 4.39 Å². The van der Waals surface area contributed by atoms with E-state index < -0.39 is 0 Å². The smallest absolute Gasteiger partial charge is 0.220 e. The van der Waals surface area contributed by atoms with Crippen molar-refractivity contribution < 1.29 is 13.9 Å². The fraction of sp³-hybridized carbons (Fsp3) is 0.385. The number of nitrogens with one attached hydrogen (secondary N) is 1. The molecule has 1 heterocycles. The number of aromatic nitrogens is 1. The summed E-state index contributed by atoms with van der Waals surface area (Å²) in [5, 5.41) is 5.40. The van der Waals surface area contributed by atoms with Crippen LogP contribution in [0.5, 0.6) is 5.88 Å². The number of amides is 1. The number of benzene rings is 2. The topological polar surface area (TPSA) is 51.2 Å². The molecule has 1 amide bonds. The SMILES string of the molecule is COc1nc(-c2ccc3cccc(F)c3c2)ccc1C(CNC(=O)CCCCBr)C(C)C. The third-order valence-corrected chi connectivity index (χ3v) is 6.28. The molecule has 2 aromatic carbocycles. The van der Waals surface area contributed by atoms with Crippen LogP contribution < -0.4 is 10.1 Å². The van der Waals surface area contributed by atoms with Crippen molar-refractivity contribution in [3.63, 3.8) is 0 Å². The number of alkyl halides is 1. The van der Waals surface area contributed by atoms with Gasteiger partial charge in [0.15, 0.2) is 0 Å². The molecule has 6 heteroatoms. The van der Waals surface area contributed by atoms with Crippen molar-refractivity contribution in [2.24, 2.45) is 5.92 Å². The zero-order valence-electron chi connectivity index (χ0n) is 18.8. The zero-order chi connectivity index (χ0) is 23.1. The van der Waals surface area contributed by atoms with Crippen LogP contribution in [-0.4, -0.2) is 29.9 Å². The van der Waals surface area contributed by atoms with Crippen LogP contribution in [0.1, 0.15) is 44.6 Å². The van der Waals surface area contributed by atoms with Gasteiger partial charge in [0.05, 0.1) is 12.8 Å². The summed E-state index contributed by atoms with van der Waals surface area (Å²) in [5.74, 6) is 0.705. The Bertz CT molecular complexity index is 1070. The van der Waals surface area contributed by atoms with Crippen LogP contribution in [0.25, 0.3) is 22.0 Å². The van der Waals surface area contributed by atoms with Crippen molar-refractivity contribution in [1.29, 1.82) is 0 Å². The fourth-order valence-electron chi connectivity index (χ4n) is 3.85. The summed E-state index contributed by atoms with van der Waals surface area (Å²) < 4.78 is 19.9. The van der Waals surface area contributed by atoms with E-state index >= 15 is 0 Å². The predicted octanol–water partition coefficient (Wildman–Crippen LogP) is 6.47. The van der Waals surface area contributed by atoms with Crippen molar-refractivity contribution in [2.75, 3.05) is 19.0 Å². The summed E-state index contributed by atoms with van der Waals surface area (Å²) in [7, 11) is 1.60. The number of carbonyl (C=O) groups is 1. The van der Waals surface area contributed by atoms with Gasteiger partial charge < -0.3 is 10.1 Å². The maximum Gasteiger partial charge on any atom is 0.220 e. The predicted molar refractivity (Wildman–Crippen MR) is 132 cm³/mol. The maximum absolute atomic E-state index is 14.3. The molecule has 0 saturated heterocycles. The number of pyridine rings is 1. The average Bonchev–Trinajstić information content (AvgIpc) is 2.79. The molecule has 0 aliphatic rings. The lowest BCUT2D eigenvalue weighted by Crippen LogP contribution is -2.30. The van der Waals surface area contributed by atoms with Crippen molar-refractivity contribution in [1.82, 2.24) is 10.3 Å². The molecule has 1 unspecified atom stereocenters. The van der Waals surface area contributed by atoms with E-state index in [0.29, 0.717) is 24.2 Å². The lowest BCUT2D eigenvalue weighted by molar-refractivity contribution is -0.121. The second-order valence-corrected chi connectivity index (χ2v) is 9.06. The number of ether oxygens (including phenoxy) is 1. The number of carbonyl (C=O) groups excluding carboxylic acids is 1. The molecule has 1 aromatic heterocycles. The molecule has 0 spiro atoms. The molecule has 0 bridgehead atoms. The highest BCUT2D eigenvalue weighted by Gasteiger charge is 2.22. The molecule has 1 N–H and O–H groups in total. The third kappa shape index (κ3) is 5.85. The molecule has 170 valence electrons. The van der Waals surface area contributed by atoms with Crippen molar-refractivity contribution in [2.45, 2.75) is 39.0 Å². The number of nitrogens with zero attached hydrogens (tertiary/aromatic N) is 1. The Kier molecular flexibility index (Phi) is 8.62. The average molecular weight is 501 g/mol. The summed E-state index contributed by atoms with van der Waals surface area (Å²) in [4.78, 5) is 16.9. The van der Waals surface area contributed by atoms with Gasteiger partial charge in [-0.1, -0.05) is 60.1 Å². The van der Waals surface area contributed by atoms with E-state index in [1.54, 1.807) is 13.2 Å². The summed E-state index contributed by atoms with van der Waals surface area (Å²) in [5.41, 5.74) is 2.50. The number of fused-ring (bicyclic) bond motifs is 1. The van der Waals surface area contributed by atoms with Crippen LogP contribution >= 0.6 is 15.9 Å². The highest BCUT2D eigenvalue weighted by Crippen LogP contribution is 2.33. The quantitative estimate of drug-likeness (QED) is 0.256. The standard InChI is InChI=1S/C26H30BrFN2O2/c1-17(2)22(16-29-25(31)9-4-5-14-27)20-12-13-24(30-26(20)32-3)19-11-10-18-7-6-8-23(28)21(18)15-19/h6-8,10-13,15,17,22H,4-5,9,14,16H2,1-3H3,(H,29,31). The molecule has 0 aliphatic carbocycles. The lowest BCUT2D eigenvalue weighted by atomic mass is 9.88. The van der Waals surface area contributed by atoms with Gasteiger partial charge in [-0.05, 0) is 42.3 Å². The molecule has 3 aromatic rings. The Balaban J connectivity index is 1.84. The summed E-state index contributed by atoms with van der Waals surface area (Å²) in [6.07, 6.45) is 2.39. The number of methoxy groups -OCH3 is 1. The first kappa shape index (κ1) is 24.2. The Hall–Kier alpha value is -2.47. The molecule has 0 aliphatic heterocycles. The van der Waals surface area contributed by atoms with Gasteiger partial charge >= 0.3 is 0 Å². The van der Waals surface area contributed by atoms with Gasteiger partial charge in [-0.15, -0.1) is 0 Å². The molecule has 4 nitrogen and oxygen atoms in total. The van der Waals surface area contributed by atoms with Gasteiger partial charge in [0, 0.05) is 40.7 Å². The number of halogens is 2. The molecule has 1 atom stereocenters. The van der Waals surface area contributed by atoms with Gasteiger partial charge in [0.25, 0.3) is 0 Å². The molecule has 0 fully saturated rings. The summed E-state index contributed by atoms with van der Waals surface area (Å²) in [6, 6.07) is 14.7. The Morgan fingerprint density at radius 2 is 1.97 bits per heavy atom. The van der Waals surface area contributed by atoms with Gasteiger partial charge in [-0.3, -0.25) is 4.79 Å². The van der Waals surface area contributed by atoms with E-state index in [9.17, 15) is 9.18 Å². The first-order valence-corrected chi connectivity index (χ1v) is 12.1. The van der Waals surface area contributed by atoms with E-state index in [0.717, 1.165) is 40.4 Å². The molecule has 32 heavy (non-hydrogen) atoms. The second-order valence-electron chi connectivity index (χ2n) is 8.27. The zero-order valence-corrected chi connectivity index (χ0v) is 20.4. The van der Waals surface area contributed by atoms with E-state index in [2.05, 4.69) is 35.1 Å². The van der Waals surface area contributed by atoms with Gasteiger partial charge in [-0.25, -0.2) is 9.37 Å². The molecule has 3 rings (SSSR count). The Morgan fingerprint density at radius 1 is 1.16 bits per heavy atom. The Morgan fingerprint density at radius 3 is 2.69 bits per heavy atom. The molecular formula is C26H30BrFN2O2. The highest BCUT2D eigenvalue weighted by atomic mass is 79.9. The van der Waals surface area contributed by atoms with Gasteiger partial charge in [-0.2, -0.15) is 0 Å². The summed E-state index contributed by atoms with van der Waals surface area (Å²) in [6.45, 7) is 4.78. The monoisotopic (exact) mass is 500 g/mol. The minimum absolute atomic E-state index is 0.0679. The van der Waals surface area contributed by atoms with Crippen LogP contribution in [-0.2, 0) is 4.79 Å². The molecule has 0 saturated carbocycles. The lowest BCUT2D eigenvalue weighted by Gasteiger charge is -2.23. The number of hydrogen-bond donors (Lipinski definition) is 1. The normalized spacial score (nSPS) is 12.2. The maximum atomic E-state index is 14.3. The number of unbranched alkanes of at least 4 members (excludes halogenated alkanes) is 1. The minimum Gasteiger partial charge on any atom is -0.481 e. The van der Waals surface area contributed by atoms with Gasteiger partial charge in [0.1, 0.15) is 5.82 Å². The van der Waals surface area contributed by atoms with E-state index in [1.165, 1.54) is 6.07 Å². The first-order chi connectivity index (χ1) is 15.4. The fourth-order valence-corrected chi connectivity index (χ4v) is 4.25. The number of rotatable bonds is 10.